The highest BCUT2D eigenvalue weighted by Crippen LogP contribution is 2.23. The van der Waals surface area contributed by atoms with Gasteiger partial charge in [-0.15, -0.1) is 0 Å². The zero-order valence-electron chi connectivity index (χ0n) is 11.9. The Kier molecular flexibility index (Phi) is 5.21. The molecule has 0 fully saturated rings. The van der Waals surface area contributed by atoms with E-state index in [0.29, 0.717) is 13.2 Å². The lowest BCUT2D eigenvalue weighted by Crippen LogP contribution is -2.04. The first kappa shape index (κ1) is 15.1. The molecule has 0 amide bonds. The smallest absolute Gasteiger partial charge is 0.120 e. The van der Waals surface area contributed by atoms with Crippen LogP contribution in [0.1, 0.15) is 22.3 Å². The average molecular weight is 334 g/mol. The highest BCUT2D eigenvalue weighted by molar-refractivity contribution is 9.10. The number of benzene rings is 2. The molecule has 0 unspecified atom stereocenters. The highest BCUT2D eigenvalue weighted by atomic mass is 79.9. The van der Waals surface area contributed by atoms with E-state index in [9.17, 15) is 0 Å². The maximum Gasteiger partial charge on any atom is 0.120 e. The van der Waals surface area contributed by atoms with E-state index in [1.165, 1.54) is 22.3 Å². The molecule has 0 radical (unpaired) electrons. The standard InChI is InChI=1S/C17H20BrNO/c1-12-7-13(2)9-14(8-12)11-20-16-3-4-17(18)15(10-16)5-6-19/h3-4,7-10H,5-6,11,19H2,1-2H3. The van der Waals surface area contributed by atoms with Crippen LogP contribution >= 0.6 is 15.9 Å². The molecule has 0 aromatic heterocycles. The predicted molar refractivity (Wildman–Crippen MR) is 87.1 cm³/mol. The Balaban J connectivity index is 2.08. The SMILES string of the molecule is Cc1cc(C)cc(COc2ccc(Br)c(CCN)c2)c1. The van der Waals surface area contributed by atoms with Crippen LogP contribution in [-0.2, 0) is 13.0 Å². The van der Waals surface area contributed by atoms with Gasteiger partial charge in [-0.2, -0.15) is 0 Å². The summed E-state index contributed by atoms with van der Waals surface area (Å²) in [6.45, 7) is 5.44. The molecule has 2 aromatic rings. The first-order chi connectivity index (χ1) is 9.58. The molecule has 0 spiro atoms. The van der Waals surface area contributed by atoms with Gasteiger partial charge < -0.3 is 10.5 Å². The van der Waals surface area contributed by atoms with Gasteiger partial charge in [0.05, 0.1) is 0 Å². The predicted octanol–water partition coefficient (Wildman–Crippen LogP) is 4.15. The lowest BCUT2D eigenvalue weighted by molar-refractivity contribution is 0.305. The molecule has 0 saturated heterocycles. The van der Waals surface area contributed by atoms with Gasteiger partial charge in [-0.3, -0.25) is 0 Å². The summed E-state index contributed by atoms with van der Waals surface area (Å²) in [7, 11) is 0. The molecule has 0 heterocycles. The average Bonchev–Trinajstić information content (AvgIpc) is 2.39. The zero-order chi connectivity index (χ0) is 14.5. The molecular weight excluding hydrogens is 314 g/mol. The molecule has 0 aliphatic carbocycles. The minimum absolute atomic E-state index is 0.590. The maximum atomic E-state index is 5.88. The van der Waals surface area contributed by atoms with Gasteiger partial charge in [0.15, 0.2) is 0 Å². The van der Waals surface area contributed by atoms with Crippen molar-refractivity contribution in [2.45, 2.75) is 26.9 Å². The van der Waals surface area contributed by atoms with E-state index in [2.05, 4.69) is 54.0 Å². The molecular formula is C17H20BrNO. The van der Waals surface area contributed by atoms with E-state index >= 15 is 0 Å². The molecule has 0 aliphatic heterocycles. The number of hydrogen-bond donors (Lipinski definition) is 1. The van der Waals surface area contributed by atoms with Gasteiger partial charge in [0.25, 0.3) is 0 Å². The first-order valence-corrected chi connectivity index (χ1v) is 7.56. The van der Waals surface area contributed by atoms with Crippen molar-refractivity contribution in [3.8, 4) is 5.75 Å². The van der Waals surface area contributed by atoms with Crippen molar-refractivity contribution >= 4 is 15.9 Å². The summed E-state index contributed by atoms with van der Waals surface area (Å²) in [5, 5.41) is 0. The van der Waals surface area contributed by atoms with Crippen LogP contribution in [0.15, 0.2) is 40.9 Å². The van der Waals surface area contributed by atoms with Gasteiger partial charge >= 0.3 is 0 Å². The number of aryl methyl sites for hydroxylation is 2. The normalized spacial score (nSPS) is 10.6. The fraction of sp³-hybridized carbons (Fsp3) is 0.294. The van der Waals surface area contributed by atoms with Crippen molar-refractivity contribution in [2.75, 3.05) is 6.54 Å². The third-order valence-corrected chi connectivity index (χ3v) is 3.89. The van der Waals surface area contributed by atoms with Crippen LogP contribution in [0, 0.1) is 13.8 Å². The fourth-order valence-electron chi connectivity index (χ4n) is 2.31. The molecule has 0 aliphatic rings. The van der Waals surface area contributed by atoms with Crippen LogP contribution in [0.3, 0.4) is 0 Å². The highest BCUT2D eigenvalue weighted by Gasteiger charge is 2.03. The van der Waals surface area contributed by atoms with Gasteiger partial charge in [-0.05, 0) is 56.1 Å². The van der Waals surface area contributed by atoms with E-state index in [1.807, 2.05) is 12.1 Å². The van der Waals surface area contributed by atoms with Crippen molar-refractivity contribution in [1.82, 2.24) is 0 Å². The van der Waals surface area contributed by atoms with Crippen LogP contribution in [0.2, 0.25) is 0 Å². The number of hydrogen-bond acceptors (Lipinski definition) is 2. The molecule has 20 heavy (non-hydrogen) atoms. The van der Waals surface area contributed by atoms with E-state index in [1.54, 1.807) is 0 Å². The van der Waals surface area contributed by atoms with Gasteiger partial charge in [-0.25, -0.2) is 0 Å². The molecule has 0 bridgehead atoms. The quantitative estimate of drug-likeness (QED) is 0.892. The summed E-state index contributed by atoms with van der Waals surface area (Å²) in [6.07, 6.45) is 0.849. The number of rotatable bonds is 5. The zero-order valence-corrected chi connectivity index (χ0v) is 13.5. The molecule has 106 valence electrons. The summed E-state index contributed by atoms with van der Waals surface area (Å²) < 4.78 is 6.97. The Morgan fingerprint density at radius 2 is 1.75 bits per heavy atom. The van der Waals surface area contributed by atoms with Crippen molar-refractivity contribution < 1.29 is 4.74 Å². The fourth-order valence-corrected chi connectivity index (χ4v) is 2.75. The van der Waals surface area contributed by atoms with Crippen molar-refractivity contribution in [2.24, 2.45) is 5.73 Å². The summed E-state index contributed by atoms with van der Waals surface area (Å²) in [4.78, 5) is 0. The second kappa shape index (κ2) is 6.91. The Hall–Kier alpha value is -1.32. The lowest BCUT2D eigenvalue weighted by Gasteiger charge is -2.10. The monoisotopic (exact) mass is 333 g/mol. The largest absolute Gasteiger partial charge is 0.489 e. The van der Waals surface area contributed by atoms with Gasteiger partial charge in [-0.1, -0.05) is 45.3 Å². The van der Waals surface area contributed by atoms with E-state index in [4.69, 9.17) is 10.5 Å². The Bertz CT molecular complexity index is 575. The molecule has 2 rings (SSSR count). The topological polar surface area (TPSA) is 35.2 Å². The van der Waals surface area contributed by atoms with Crippen molar-refractivity contribution in [3.05, 3.63) is 63.1 Å². The summed E-state index contributed by atoms with van der Waals surface area (Å²) in [6, 6.07) is 12.5. The molecule has 2 N–H and O–H groups in total. The summed E-state index contributed by atoms with van der Waals surface area (Å²) in [5.41, 5.74) is 10.5. The molecule has 2 aromatic carbocycles. The molecule has 2 nitrogen and oxygen atoms in total. The van der Waals surface area contributed by atoms with Gasteiger partial charge in [0.1, 0.15) is 12.4 Å². The number of halogens is 1. The third kappa shape index (κ3) is 4.09. The third-order valence-electron chi connectivity index (χ3n) is 3.12. The van der Waals surface area contributed by atoms with Crippen LogP contribution in [0.25, 0.3) is 0 Å². The van der Waals surface area contributed by atoms with E-state index in [0.717, 1.165) is 16.6 Å². The number of nitrogens with two attached hydrogens (primary N) is 1. The van der Waals surface area contributed by atoms with Crippen LogP contribution in [-0.4, -0.2) is 6.54 Å². The van der Waals surface area contributed by atoms with E-state index < -0.39 is 0 Å². The first-order valence-electron chi connectivity index (χ1n) is 6.77. The minimum atomic E-state index is 0.590. The molecule has 0 atom stereocenters. The van der Waals surface area contributed by atoms with Crippen LogP contribution < -0.4 is 10.5 Å². The molecule has 0 saturated carbocycles. The van der Waals surface area contributed by atoms with E-state index in [-0.39, 0.29) is 0 Å². The number of ether oxygens (including phenoxy) is 1. The second-order valence-corrected chi connectivity index (χ2v) is 5.93. The van der Waals surface area contributed by atoms with Gasteiger partial charge in [0.2, 0.25) is 0 Å². The minimum Gasteiger partial charge on any atom is -0.489 e. The van der Waals surface area contributed by atoms with Crippen LogP contribution in [0.5, 0.6) is 5.75 Å². The lowest BCUT2D eigenvalue weighted by atomic mass is 10.1. The van der Waals surface area contributed by atoms with Gasteiger partial charge in [0, 0.05) is 4.47 Å². The van der Waals surface area contributed by atoms with Crippen LogP contribution in [0.4, 0.5) is 0 Å². The van der Waals surface area contributed by atoms with Crippen molar-refractivity contribution in [3.63, 3.8) is 0 Å². The Morgan fingerprint density at radius 3 is 2.40 bits per heavy atom. The maximum absolute atomic E-state index is 5.88. The Morgan fingerprint density at radius 1 is 1.05 bits per heavy atom. The Labute approximate surface area is 129 Å². The summed E-state index contributed by atoms with van der Waals surface area (Å²) >= 11 is 3.54. The summed E-state index contributed by atoms with van der Waals surface area (Å²) in [5.74, 6) is 0.885. The second-order valence-electron chi connectivity index (χ2n) is 5.08. The van der Waals surface area contributed by atoms with Crippen molar-refractivity contribution in [1.29, 1.82) is 0 Å². The molecule has 3 heteroatoms.